The third-order valence-corrected chi connectivity index (χ3v) is 5.03. The highest BCUT2D eigenvalue weighted by Crippen LogP contribution is 2.27. The number of benzene rings is 1. The van der Waals surface area contributed by atoms with E-state index in [1.165, 1.54) is 55.6 Å². The highest BCUT2D eigenvalue weighted by molar-refractivity contribution is 5.85. The van der Waals surface area contributed by atoms with Crippen LogP contribution in [0.1, 0.15) is 18.9 Å². The van der Waals surface area contributed by atoms with Gasteiger partial charge >= 0.3 is 0 Å². The van der Waals surface area contributed by atoms with Crippen LogP contribution in [0.5, 0.6) is 5.75 Å². The van der Waals surface area contributed by atoms with Crippen LogP contribution in [0.4, 0.5) is 0 Å². The Morgan fingerprint density at radius 2 is 1.91 bits per heavy atom. The molecule has 1 saturated heterocycles. The lowest BCUT2D eigenvalue weighted by Gasteiger charge is -2.32. The predicted octanol–water partition coefficient (Wildman–Crippen LogP) is 2.85. The molecule has 1 fully saturated rings. The third-order valence-electron chi connectivity index (χ3n) is 5.03. The van der Waals surface area contributed by atoms with E-state index in [1.807, 2.05) is 0 Å². The van der Waals surface area contributed by atoms with Gasteiger partial charge < -0.3 is 19.1 Å². The van der Waals surface area contributed by atoms with Gasteiger partial charge in [-0.25, -0.2) is 0 Å². The van der Waals surface area contributed by atoms with E-state index >= 15 is 0 Å². The largest absolute Gasteiger partial charge is 0.497 e. The lowest BCUT2D eigenvalue weighted by atomic mass is 10.1. The van der Waals surface area contributed by atoms with Gasteiger partial charge in [0, 0.05) is 49.8 Å². The zero-order valence-corrected chi connectivity index (χ0v) is 14.7. The summed E-state index contributed by atoms with van der Waals surface area (Å²) in [5.74, 6) is 0.951. The van der Waals surface area contributed by atoms with E-state index in [1.54, 1.807) is 7.11 Å². The van der Waals surface area contributed by atoms with Crippen molar-refractivity contribution in [3.63, 3.8) is 0 Å². The summed E-state index contributed by atoms with van der Waals surface area (Å²) in [6.07, 6.45) is 4.70. The van der Waals surface area contributed by atoms with Gasteiger partial charge in [0.2, 0.25) is 0 Å². The average molecular weight is 315 g/mol. The molecule has 1 aliphatic rings. The van der Waals surface area contributed by atoms with Crippen LogP contribution in [-0.4, -0.2) is 61.2 Å². The fourth-order valence-electron chi connectivity index (χ4n) is 3.50. The van der Waals surface area contributed by atoms with E-state index in [2.05, 4.69) is 52.7 Å². The number of fused-ring (bicyclic) bond motifs is 1. The first-order chi connectivity index (χ1) is 11.2. The number of methoxy groups -OCH3 is 1. The molecule has 0 radical (unpaired) electrons. The van der Waals surface area contributed by atoms with Crippen LogP contribution < -0.4 is 4.74 Å². The molecule has 4 nitrogen and oxygen atoms in total. The Hall–Kier alpha value is -1.52. The van der Waals surface area contributed by atoms with Gasteiger partial charge in [0.1, 0.15) is 5.75 Å². The van der Waals surface area contributed by atoms with Crippen LogP contribution >= 0.6 is 0 Å². The van der Waals surface area contributed by atoms with E-state index < -0.39 is 0 Å². The molecule has 0 unspecified atom stereocenters. The number of ether oxygens (including phenoxy) is 1. The number of nitrogens with zero attached hydrogens (tertiary/aromatic N) is 3. The SMILES string of the molecule is CCn1cc(CCCN2CCN(C)CC2)c2cc(OC)ccc21. The number of piperazine rings is 1. The van der Waals surface area contributed by atoms with E-state index in [4.69, 9.17) is 4.74 Å². The van der Waals surface area contributed by atoms with Crippen LogP contribution in [-0.2, 0) is 13.0 Å². The van der Waals surface area contributed by atoms with Crippen molar-refractivity contribution in [1.29, 1.82) is 0 Å². The van der Waals surface area contributed by atoms with Crippen molar-refractivity contribution >= 4 is 10.9 Å². The van der Waals surface area contributed by atoms with Crippen molar-refractivity contribution in [1.82, 2.24) is 14.4 Å². The smallest absolute Gasteiger partial charge is 0.119 e. The zero-order valence-electron chi connectivity index (χ0n) is 14.7. The lowest BCUT2D eigenvalue weighted by molar-refractivity contribution is 0.153. The van der Waals surface area contributed by atoms with Gasteiger partial charge in [0.15, 0.2) is 0 Å². The minimum absolute atomic E-state index is 0.951. The monoisotopic (exact) mass is 315 g/mol. The van der Waals surface area contributed by atoms with Gasteiger partial charge in [0.05, 0.1) is 7.11 Å². The molecular weight excluding hydrogens is 286 g/mol. The number of likely N-dealkylation sites (N-methyl/N-ethyl adjacent to an activating group) is 1. The van der Waals surface area contributed by atoms with E-state index in [9.17, 15) is 0 Å². The molecule has 0 aliphatic carbocycles. The molecule has 1 aromatic carbocycles. The number of aromatic nitrogens is 1. The maximum atomic E-state index is 5.41. The fraction of sp³-hybridized carbons (Fsp3) is 0.579. The summed E-state index contributed by atoms with van der Waals surface area (Å²) in [6, 6.07) is 6.43. The first kappa shape index (κ1) is 16.3. The Bertz CT molecular complexity index is 641. The molecule has 1 aliphatic heterocycles. The van der Waals surface area contributed by atoms with Gasteiger partial charge in [-0.1, -0.05) is 0 Å². The second-order valence-corrected chi connectivity index (χ2v) is 6.57. The van der Waals surface area contributed by atoms with Crippen LogP contribution in [0.25, 0.3) is 10.9 Å². The summed E-state index contributed by atoms with van der Waals surface area (Å²) in [5.41, 5.74) is 2.78. The molecule has 0 N–H and O–H groups in total. The maximum absolute atomic E-state index is 5.41. The molecular formula is C19H29N3O. The molecule has 4 heteroatoms. The Labute approximate surface area is 139 Å². The van der Waals surface area contributed by atoms with Gasteiger partial charge in [-0.05, 0) is 57.1 Å². The molecule has 0 saturated carbocycles. The van der Waals surface area contributed by atoms with Crippen LogP contribution in [0.3, 0.4) is 0 Å². The van der Waals surface area contributed by atoms with Gasteiger partial charge in [-0.15, -0.1) is 0 Å². The van der Waals surface area contributed by atoms with Gasteiger partial charge in [0.25, 0.3) is 0 Å². The van der Waals surface area contributed by atoms with Crippen LogP contribution in [0.15, 0.2) is 24.4 Å². The first-order valence-corrected chi connectivity index (χ1v) is 8.78. The number of rotatable bonds is 6. The quantitative estimate of drug-likeness (QED) is 0.818. The highest BCUT2D eigenvalue weighted by Gasteiger charge is 2.14. The minimum Gasteiger partial charge on any atom is -0.497 e. The summed E-state index contributed by atoms with van der Waals surface area (Å²) in [6.45, 7) is 9.25. The van der Waals surface area contributed by atoms with Crippen molar-refractivity contribution in [2.24, 2.45) is 0 Å². The minimum atomic E-state index is 0.951. The van der Waals surface area contributed by atoms with Gasteiger partial charge in [-0.3, -0.25) is 0 Å². The fourth-order valence-corrected chi connectivity index (χ4v) is 3.50. The summed E-state index contributed by atoms with van der Waals surface area (Å²) < 4.78 is 7.75. The van der Waals surface area contributed by atoms with Crippen molar-refractivity contribution < 1.29 is 4.74 Å². The summed E-state index contributed by atoms with van der Waals surface area (Å²) in [4.78, 5) is 5.01. The van der Waals surface area contributed by atoms with E-state index in [-0.39, 0.29) is 0 Å². The van der Waals surface area contributed by atoms with Crippen molar-refractivity contribution in [2.75, 3.05) is 46.9 Å². The number of hydrogen-bond donors (Lipinski definition) is 0. The molecule has 126 valence electrons. The average Bonchev–Trinajstić information content (AvgIpc) is 2.94. The molecule has 0 bridgehead atoms. The molecule has 23 heavy (non-hydrogen) atoms. The van der Waals surface area contributed by atoms with Gasteiger partial charge in [-0.2, -0.15) is 0 Å². The zero-order chi connectivity index (χ0) is 16.2. The topological polar surface area (TPSA) is 20.6 Å². The second-order valence-electron chi connectivity index (χ2n) is 6.57. The molecule has 2 heterocycles. The molecule has 0 spiro atoms. The van der Waals surface area contributed by atoms with Crippen LogP contribution in [0, 0.1) is 0 Å². The summed E-state index contributed by atoms with van der Waals surface area (Å²) in [5, 5.41) is 1.35. The van der Waals surface area contributed by atoms with E-state index in [0.717, 1.165) is 18.7 Å². The predicted molar refractivity (Wildman–Crippen MR) is 96.4 cm³/mol. The number of hydrogen-bond acceptors (Lipinski definition) is 3. The van der Waals surface area contributed by atoms with Crippen LogP contribution in [0.2, 0.25) is 0 Å². The van der Waals surface area contributed by atoms with E-state index in [0.29, 0.717) is 0 Å². The van der Waals surface area contributed by atoms with Crippen molar-refractivity contribution in [3.8, 4) is 5.75 Å². The second kappa shape index (κ2) is 7.37. The Balaban J connectivity index is 1.67. The molecule has 1 aromatic heterocycles. The molecule has 2 aromatic rings. The van der Waals surface area contributed by atoms with Crippen molar-refractivity contribution in [3.05, 3.63) is 30.0 Å². The Morgan fingerprint density at radius 1 is 1.13 bits per heavy atom. The lowest BCUT2D eigenvalue weighted by Crippen LogP contribution is -2.44. The molecule has 3 rings (SSSR count). The summed E-state index contributed by atoms with van der Waals surface area (Å²) in [7, 11) is 3.95. The normalized spacial score (nSPS) is 17.0. The standard InChI is InChI=1S/C19H29N3O/c1-4-22-15-16(18-14-17(23-3)7-8-19(18)22)6-5-9-21-12-10-20(2)11-13-21/h7-8,14-15H,4-6,9-13H2,1-3H3. The molecule has 0 atom stereocenters. The Morgan fingerprint density at radius 3 is 2.61 bits per heavy atom. The molecule has 0 amide bonds. The highest BCUT2D eigenvalue weighted by atomic mass is 16.5. The third kappa shape index (κ3) is 3.70. The Kier molecular flexibility index (Phi) is 5.23. The summed E-state index contributed by atoms with van der Waals surface area (Å²) >= 11 is 0. The number of aryl methyl sites for hydroxylation is 2. The van der Waals surface area contributed by atoms with Crippen molar-refractivity contribution in [2.45, 2.75) is 26.3 Å². The first-order valence-electron chi connectivity index (χ1n) is 8.78. The maximum Gasteiger partial charge on any atom is 0.119 e.